The second kappa shape index (κ2) is 19.1. The quantitative estimate of drug-likeness (QED) is 0.101. The van der Waals surface area contributed by atoms with E-state index in [1.165, 1.54) is 151 Å². The third kappa shape index (κ3) is 24.8. The van der Waals surface area contributed by atoms with E-state index in [-0.39, 0.29) is 0 Å². The molecule has 0 unspecified atom stereocenters. The molecule has 0 aromatic carbocycles. The Morgan fingerprint density at radius 3 is 0.939 bits per heavy atom. The molecule has 0 saturated heterocycles. The zero-order valence-corrected chi connectivity index (χ0v) is 24.9. The smallest absolute Gasteiger partial charge is 0.128 e. The normalized spacial score (nSPS) is 13.1. The predicted molar refractivity (Wildman–Crippen MR) is 151 cm³/mol. The zero-order valence-electron chi connectivity index (χ0n) is 24.9. The molecule has 0 N–H and O–H groups in total. The van der Waals surface area contributed by atoms with E-state index in [9.17, 15) is 0 Å². The Bertz CT molecular complexity index is 423. The van der Waals surface area contributed by atoms with E-state index in [2.05, 4.69) is 56.3 Å². The second-order valence-electron chi connectivity index (χ2n) is 13.4. The van der Waals surface area contributed by atoms with E-state index >= 15 is 0 Å². The van der Waals surface area contributed by atoms with Gasteiger partial charge in [0.2, 0.25) is 0 Å². The third-order valence-corrected chi connectivity index (χ3v) is 7.52. The van der Waals surface area contributed by atoms with E-state index in [1.807, 2.05) is 0 Å². The van der Waals surface area contributed by atoms with Gasteiger partial charge in [-0.2, -0.15) is 0 Å². The highest BCUT2D eigenvalue weighted by atomic mass is 15.4. The Hall–Kier alpha value is -0.120. The van der Waals surface area contributed by atoms with Gasteiger partial charge >= 0.3 is 0 Å². The number of hydrogen-bond donors (Lipinski definition) is 0. The number of quaternary nitrogens is 3. The van der Waals surface area contributed by atoms with Gasteiger partial charge in [-0.1, -0.05) is 96.8 Å². The summed E-state index contributed by atoms with van der Waals surface area (Å²) >= 11 is 0. The van der Waals surface area contributed by atoms with Crippen LogP contribution in [0.4, 0.5) is 0 Å². The minimum Gasteiger partial charge on any atom is -0.331 e. The molecular formula is C30H68N3+3. The number of hydrogen-bond acceptors (Lipinski definition) is 0. The van der Waals surface area contributed by atoms with E-state index in [4.69, 9.17) is 0 Å². The van der Waals surface area contributed by atoms with Crippen LogP contribution in [0.2, 0.25) is 0 Å². The summed E-state index contributed by atoms with van der Waals surface area (Å²) in [6.45, 7) is 8.82. The van der Waals surface area contributed by atoms with Crippen molar-refractivity contribution >= 4 is 0 Å². The first kappa shape index (κ1) is 32.9. The van der Waals surface area contributed by atoms with Crippen molar-refractivity contribution in [3.8, 4) is 0 Å². The van der Waals surface area contributed by atoms with Crippen LogP contribution in [0.15, 0.2) is 0 Å². The van der Waals surface area contributed by atoms with Gasteiger partial charge in [0.05, 0.1) is 69.0 Å². The average Bonchev–Trinajstić information content (AvgIpc) is 2.71. The van der Waals surface area contributed by atoms with E-state index in [0.29, 0.717) is 0 Å². The monoisotopic (exact) mass is 471 g/mol. The van der Waals surface area contributed by atoms with Gasteiger partial charge in [-0.25, -0.2) is 0 Å². The van der Waals surface area contributed by atoms with Crippen molar-refractivity contribution in [1.29, 1.82) is 0 Å². The highest BCUT2D eigenvalue weighted by Gasteiger charge is 2.23. The van der Waals surface area contributed by atoms with Crippen molar-refractivity contribution in [1.82, 2.24) is 0 Å². The highest BCUT2D eigenvalue weighted by molar-refractivity contribution is 4.50. The molecule has 0 heterocycles. The fourth-order valence-corrected chi connectivity index (χ4v) is 4.83. The van der Waals surface area contributed by atoms with Gasteiger partial charge in [0.25, 0.3) is 0 Å². The van der Waals surface area contributed by atoms with Crippen molar-refractivity contribution in [2.75, 3.05) is 82.1 Å². The molecule has 0 amide bonds. The summed E-state index contributed by atoms with van der Waals surface area (Å²) in [5, 5.41) is 0. The van der Waals surface area contributed by atoms with E-state index in [1.54, 1.807) is 0 Å². The second-order valence-corrected chi connectivity index (χ2v) is 13.4. The lowest BCUT2D eigenvalue weighted by Crippen LogP contribution is -2.52. The maximum Gasteiger partial charge on any atom is 0.128 e. The molecule has 0 bridgehead atoms. The summed E-state index contributed by atoms with van der Waals surface area (Å²) in [4.78, 5) is 0. The van der Waals surface area contributed by atoms with Crippen LogP contribution >= 0.6 is 0 Å². The molecule has 3 nitrogen and oxygen atoms in total. The molecule has 0 saturated carbocycles. The van der Waals surface area contributed by atoms with Gasteiger partial charge in [0.1, 0.15) is 13.1 Å². The SMILES string of the molecule is CCCCCCCCCCCCCCCCCC[N+](C)(C)CC[N+](C)(C)CCC[N+](C)(C)C. The molecule has 200 valence electrons. The molecular weight excluding hydrogens is 402 g/mol. The topological polar surface area (TPSA) is 0 Å². The first-order valence-electron chi connectivity index (χ1n) is 14.9. The molecule has 0 aromatic heterocycles. The molecule has 0 atom stereocenters. The standard InChI is InChI=1S/C30H68N3/c1-9-10-11-12-13-14-15-16-17-18-19-20-21-22-23-24-27-32(5,6)29-30-33(7,8)28-25-26-31(2,3)4/h9-30H2,1-8H3/q+3. The van der Waals surface area contributed by atoms with Crippen molar-refractivity contribution in [3.05, 3.63) is 0 Å². The third-order valence-electron chi connectivity index (χ3n) is 7.52. The van der Waals surface area contributed by atoms with Crippen molar-refractivity contribution in [2.45, 2.75) is 116 Å². The molecule has 0 aliphatic carbocycles. The first-order chi connectivity index (χ1) is 15.5. The van der Waals surface area contributed by atoms with Crippen LogP contribution in [0.3, 0.4) is 0 Å². The van der Waals surface area contributed by atoms with Crippen LogP contribution in [-0.4, -0.2) is 95.5 Å². The molecule has 0 rings (SSSR count). The van der Waals surface area contributed by atoms with Crippen LogP contribution < -0.4 is 0 Å². The number of nitrogens with zero attached hydrogens (tertiary/aromatic N) is 3. The van der Waals surface area contributed by atoms with Crippen molar-refractivity contribution < 1.29 is 13.4 Å². The van der Waals surface area contributed by atoms with Gasteiger partial charge in [-0.15, -0.1) is 0 Å². The van der Waals surface area contributed by atoms with Crippen molar-refractivity contribution in [3.63, 3.8) is 0 Å². The Morgan fingerprint density at radius 2 is 0.606 bits per heavy atom. The maximum absolute atomic E-state index is 2.44. The van der Waals surface area contributed by atoms with Crippen LogP contribution in [0.25, 0.3) is 0 Å². The molecule has 33 heavy (non-hydrogen) atoms. The van der Waals surface area contributed by atoms with Crippen LogP contribution in [0.5, 0.6) is 0 Å². The van der Waals surface area contributed by atoms with Crippen LogP contribution in [-0.2, 0) is 0 Å². The summed E-state index contributed by atoms with van der Waals surface area (Å²) < 4.78 is 3.44. The highest BCUT2D eigenvalue weighted by Crippen LogP contribution is 2.14. The number of unbranched alkanes of at least 4 members (excludes halogenated alkanes) is 15. The lowest BCUT2D eigenvalue weighted by Gasteiger charge is -2.36. The van der Waals surface area contributed by atoms with Gasteiger partial charge in [0.15, 0.2) is 0 Å². The maximum atomic E-state index is 2.44. The minimum absolute atomic E-state index is 1.08. The molecule has 3 heteroatoms. The predicted octanol–water partition coefficient (Wildman–Crippen LogP) is 7.50. The zero-order chi connectivity index (χ0) is 25.1. The Balaban J connectivity index is 3.55. The van der Waals surface area contributed by atoms with Gasteiger partial charge in [-0.05, 0) is 12.8 Å². The van der Waals surface area contributed by atoms with E-state index < -0.39 is 0 Å². The molecule has 0 spiro atoms. The fourth-order valence-electron chi connectivity index (χ4n) is 4.83. The largest absolute Gasteiger partial charge is 0.331 e. The number of rotatable bonds is 24. The summed E-state index contributed by atoms with van der Waals surface area (Å²) in [6.07, 6.45) is 24.6. The van der Waals surface area contributed by atoms with Crippen LogP contribution in [0, 0.1) is 0 Å². The average molecular weight is 471 g/mol. The van der Waals surface area contributed by atoms with Gasteiger partial charge in [0, 0.05) is 6.42 Å². The van der Waals surface area contributed by atoms with Crippen LogP contribution in [0.1, 0.15) is 116 Å². The molecule has 0 fully saturated rings. The van der Waals surface area contributed by atoms with Crippen molar-refractivity contribution in [2.24, 2.45) is 0 Å². The fraction of sp³-hybridized carbons (Fsp3) is 1.00. The Kier molecular flexibility index (Phi) is 19.0. The molecule has 0 aromatic rings. The summed E-state index contributed by atoms with van der Waals surface area (Å²) in [7, 11) is 16.6. The van der Waals surface area contributed by atoms with E-state index in [0.717, 1.165) is 4.48 Å². The summed E-state index contributed by atoms with van der Waals surface area (Å²) in [5.41, 5.74) is 0. The lowest BCUT2D eigenvalue weighted by atomic mass is 10.0. The van der Waals surface area contributed by atoms with Gasteiger partial charge in [-0.3, -0.25) is 0 Å². The number of likely N-dealkylation sites (N-methyl/N-ethyl adjacent to an activating group) is 2. The Morgan fingerprint density at radius 1 is 0.303 bits per heavy atom. The first-order valence-corrected chi connectivity index (χ1v) is 14.9. The molecule has 0 aliphatic heterocycles. The summed E-state index contributed by atoms with van der Waals surface area (Å²) in [5.74, 6) is 0. The Labute approximate surface area is 211 Å². The van der Waals surface area contributed by atoms with Gasteiger partial charge < -0.3 is 13.4 Å². The molecule has 0 radical (unpaired) electrons. The lowest BCUT2D eigenvalue weighted by molar-refractivity contribution is -0.948. The molecule has 0 aliphatic rings. The minimum atomic E-state index is 1.08. The summed E-state index contributed by atoms with van der Waals surface area (Å²) in [6, 6.07) is 0.